The standard InChI is InChI=1S/C10H21N3O3/c1-12(2)7-5-10(15)16-8-6-9(14)11-13(3)4/h5-8H2,1-4H3,(H,11,14). The summed E-state index contributed by atoms with van der Waals surface area (Å²) in [5.41, 5.74) is 2.56. The summed E-state index contributed by atoms with van der Waals surface area (Å²) in [6, 6.07) is 0. The van der Waals surface area contributed by atoms with Gasteiger partial charge in [0.15, 0.2) is 0 Å². The van der Waals surface area contributed by atoms with Crippen molar-refractivity contribution in [3.8, 4) is 0 Å². The topological polar surface area (TPSA) is 61.9 Å². The molecule has 0 aromatic heterocycles. The van der Waals surface area contributed by atoms with Crippen molar-refractivity contribution in [3.63, 3.8) is 0 Å². The zero-order valence-corrected chi connectivity index (χ0v) is 10.4. The third-order valence-corrected chi connectivity index (χ3v) is 1.70. The molecule has 0 saturated carbocycles. The Bertz CT molecular complexity index is 229. The van der Waals surface area contributed by atoms with E-state index in [-0.39, 0.29) is 24.9 Å². The predicted octanol–water partition coefficient (Wildman–Crippen LogP) is -0.536. The van der Waals surface area contributed by atoms with Crippen molar-refractivity contribution in [1.29, 1.82) is 0 Å². The second-order valence-corrected chi connectivity index (χ2v) is 3.95. The Balaban J connectivity index is 3.50. The van der Waals surface area contributed by atoms with Crippen molar-refractivity contribution in [2.24, 2.45) is 0 Å². The quantitative estimate of drug-likeness (QED) is 0.471. The van der Waals surface area contributed by atoms with Crippen LogP contribution in [0, 0.1) is 0 Å². The zero-order valence-electron chi connectivity index (χ0n) is 10.4. The molecule has 1 N–H and O–H groups in total. The molecule has 16 heavy (non-hydrogen) atoms. The summed E-state index contributed by atoms with van der Waals surface area (Å²) in [6.45, 7) is 0.786. The van der Waals surface area contributed by atoms with Gasteiger partial charge < -0.3 is 9.64 Å². The van der Waals surface area contributed by atoms with Crippen molar-refractivity contribution in [1.82, 2.24) is 15.3 Å². The number of nitrogens with zero attached hydrogens (tertiary/aromatic N) is 2. The first kappa shape index (κ1) is 14.9. The van der Waals surface area contributed by atoms with Crippen LogP contribution in [0.25, 0.3) is 0 Å². The molecule has 0 aliphatic heterocycles. The summed E-state index contributed by atoms with van der Waals surface area (Å²) in [5, 5.41) is 1.55. The van der Waals surface area contributed by atoms with Crippen LogP contribution in [0.1, 0.15) is 12.8 Å². The van der Waals surface area contributed by atoms with E-state index in [0.717, 1.165) is 0 Å². The van der Waals surface area contributed by atoms with Crippen LogP contribution < -0.4 is 5.43 Å². The lowest BCUT2D eigenvalue weighted by Gasteiger charge is -2.12. The first-order valence-corrected chi connectivity index (χ1v) is 5.19. The molecule has 0 spiro atoms. The van der Waals surface area contributed by atoms with Crippen LogP contribution in [0.5, 0.6) is 0 Å². The maximum Gasteiger partial charge on any atom is 0.307 e. The molecular weight excluding hydrogens is 210 g/mol. The van der Waals surface area contributed by atoms with Gasteiger partial charge in [-0.15, -0.1) is 0 Å². The van der Waals surface area contributed by atoms with Crippen molar-refractivity contribution < 1.29 is 14.3 Å². The summed E-state index contributed by atoms with van der Waals surface area (Å²) in [4.78, 5) is 24.2. The van der Waals surface area contributed by atoms with Crippen LogP contribution in [0.3, 0.4) is 0 Å². The van der Waals surface area contributed by atoms with E-state index in [1.165, 1.54) is 0 Å². The van der Waals surface area contributed by atoms with Crippen molar-refractivity contribution >= 4 is 11.9 Å². The van der Waals surface area contributed by atoms with E-state index in [9.17, 15) is 9.59 Å². The van der Waals surface area contributed by atoms with Gasteiger partial charge in [-0.25, -0.2) is 5.01 Å². The number of nitrogens with one attached hydrogen (secondary N) is 1. The van der Waals surface area contributed by atoms with E-state index in [1.807, 2.05) is 19.0 Å². The molecular formula is C10H21N3O3. The fourth-order valence-electron chi connectivity index (χ4n) is 0.950. The Hall–Kier alpha value is -1.14. The highest BCUT2D eigenvalue weighted by atomic mass is 16.5. The summed E-state index contributed by atoms with van der Waals surface area (Å²) in [6.07, 6.45) is 0.536. The normalized spacial score (nSPS) is 10.6. The maximum absolute atomic E-state index is 11.2. The smallest absolute Gasteiger partial charge is 0.307 e. The highest BCUT2D eigenvalue weighted by Gasteiger charge is 2.06. The largest absolute Gasteiger partial charge is 0.465 e. The van der Waals surface area contributed by atoms with Gasteiger partial charge in [0.1, 0.15) is 6.61 Å². The first-order chi connectivity index (χ1) is 7.41. The molecule has 0 aromatic carbocycles. The second-order valence-electron chi connectivity index (χ2n) is 3.95. The number of ether oxygens (including phenoxy) is 1. The monoisotopic (exact) mass is 231 g/mol. The van der Waals surface area contributed by atoms with Gasteiger partial charge in [-0.3, -0.25) is 15.0 Å². The molecule has 6 nitrogen and oxygen atoms in total. The van der Waals surface area contributed by atoms with E-state index >= 15 is 0 Å². The van der Waals surface area contributed by atoms with Crippen LogP contribution in [-0.4, -0.2) is 63.1 Å². The molecule has 0 unspecified atom stereocenters. The second kappa shape index (κ2) is 8.06. The van der Waals surface area contributed by atoms with Crippen molar-refractivity contribution in [2.75, 3.05) is 41.3 Å². The molecule has 0 aliphatic carbocycles. The maximum atomic E-state index is 11.2. The lowest BCUT2D eigenvalue weighted by Crippen LogP contribution is -2.36. The zero-order chi connectivity index (χ0) is 12.6. The lowest BCUT2D eigenvalue weighted by atomic mass is 10.4. The number of hydrogen-bond acceptors (Lipinski definition) is 5. The van der Waals surface area contributed by atoms with Crippen LogP contribution in [0.15, 0.2) is 0 Å². The van der Waals surface area contributed by atoms with E-state index in [0.29, 0.717) is 13.0 Å². The van der Waals surface area contributed by atoms with Crippen molar-refractivity contribution in [3.05, 3.63) is 0 Å². The van der Waals surface area contributed by atoms with Crippen LogP contribution in [0.4, 0.5) is 0 Å². The molecule has 0 saturated heterocycles. The molecule has 0 aromatic rings. The van der Waals surface area contributed by atoms with E-state index in [1.54, 1.807) is 19.1 Å². The third-order valence-electron chi connectivity index (χ3n) is 1.70. The first-order valence-electron chi connectivity index (χ1n) is 5.19. The van der Waals surface area contributed by atoms with E-state index < -0.39 is 0 Å². The van der Waals surface area contributed by atoms with Gasteiger partial charge in [0.25, 0.3) is 0 Å². The number of rotatable bonds is 7. The van der Waals surface area contributed by atoms with Gasteiger partial charge >= 0.3 is 5.97 Å². The van der Waals surface area contributed by atoms with Gasteiger partial charge in [-0.1, -0.05) is 0 Å². The average molecular weight is 231 g/mol. The summed E-state index contributed by atoms with van der Waals surface area (Å²) in [7, 11) is 7.22. The Labute approximate surface area is 96.5 Å². The Morgan fingerprint density at radius 2 is 1.75 bits per heavy atom. The van der Waals surface area contributed by atoms with Gasteiger partial charge in [-0.2, -0.15) is 0 Å². The molecule has 0 heterocycles. The predicted molar refractivity (Wildman–Crippen MR) is 60.6 cm³/mol. The average Bonchev–Trinajstić information content (AvgIpc) is 2.13. The fourth-order valence-corrected chi connectivity index (χ4v) is 0.950. The molecule has 0 atom stereocenters. The van der Waals surface area contributed by atoms with Gasteiger partial charge in [-0.05, 0) is 14.1 Å². The molecule has 0 bridgehead atoms. The molecule has 1 amide bonds. The van der Waals surface area contributed by atoms with Crippen LogP contribution >= 0.6 is 0 Å². The number of carbonyl (C=O) groups is 2. The summed E-state index contributed by atoms with van der Waals surface area (Å²) < 4.78 is 4.90. The number of hydrogen-bond donors (Lipinski definition) is 1. The minimum absolute atomic E-state index is 0.131. The van der Waals surface area contributed by atoms with E-state index in [2.05, 4.69) is 5.43 Å². The van der Waals surface area contributed by atoms with Gasteiger partial charge in [0, 0.05) is 20.6 Å². The highest BCUT2D eigenvalue weighted by Crippen LogP contribution is 1.91. The number of esters is 1. The lowest BCUT2D eigenvalue weighted by molar-refractivity contribution is -0.144. The Kier molecular flexibility index (Phi) is 7.49. The Morgan fingerprint density at radius 1 is 1.12 bits per heavy atom. The highest BCUT2D eigenvalue weighted by molar-refractivity contribution is 5.76. The molecule has 94 valence electrons. The molecule has 0 rings (SSSR count). The minimum atomic E-state index is -0.272. The number of amides is 1. The van der Waals surface area contributed by atoms with Crippen LogP contribution in [0.2, 0.25) is 0 Å². The van der Waals surface area contributed by atoms with Gasteiger partial charge in [0.05, 0.1) is 12.8 Å². The Morgan fingerprint density at radius 3 is 2.25 bits per heavy atom. The molecule has 0 radical (unpaired) electrons. The third kappa shape index (κ3) is 9.42. The SMILES string of the molecule is CN(C)CCC(=O)OCCC(=O)NN(C)C. The number of carbonyl (C=O) groups excluding carboxylic acids is 2. The minimum Gasteiger partial charge on any atom is -0.465 e. The van der Waals surface area contributed by atoms with Crippen LogP contribution in [-0.2, 0) is 14.3 Å². The van der Waals surface area contributed by atoms with E-state index in [4.69, 9.17) is 4.74 Å². The number of hydrazine groups is 1. The van der Waals surface area contributed by atoms with Gasteiger partial charge in [0.2, 0.25) is 5.91 Å². The fraction of sp³-hybridized carbons (Fsp3) is 0.800. The summed E-state index contributed by atoms with van der Waals surface area (Å²) in [5.74, 6) is -0.434. The molecule has 0 aliphatic rings. The molecule has 0 fully saturated rings. The van der Waals surface area contributed by atoms with Crippen molar-refractivity contribution in [2.45, 2.75) is 12.8 Å². The summed E-state index contributed by atoms with van der Waals surface area (Å²) >= 11 is 0. The molecule has 6 heteroatoms.